The van der Waals surface area contributed by atoms with E-state index < -0.39 is 5.60 Å². The van der Waals surface area contributed by atoms with Crippen LogP contribution in [0, 0.1) is 0 Å². The first-order valence-corrected chi connectivity index (χ1v) is 7.94. The standard InChI is InChI=1S/C20H24O/c1-15(2)17-9-7-16(8-10-17)13-20(21)12-11-18-5-3-4-6-19(18)14-20/h3-10,15,21H,11-14H2,1-2H3. The second kappa shape index (κ2) is 5.65. The molecule has 0 saturated carbocycles. The number of benzene rings is 2. The van der Waals surface area contributed by atoms with E-state index >= 15 is 0 Å². The van der Waals surface area contributed by atoms with E-state index in [0.717, 1.165) is 25.7 Å². The van der Waals surface area contributed by atoms with Crippen molar-refractivity contribution in [2.45, 2.75) is 51.0 Å². The zero-order chi connectivity index (χ0) is 14.9. The normalized spacial score (nSPS) is 21.3. The van der Waals surface area contributed by atoms with Gasteiger partial charge < -0.3 is 5.11 Å². The van der Waals surface area contributed by atoms with Gasteiger partial charge in [-0.05, 0) is 41.0 Å². The van der Waals surface area contributed by atoms with E-state index in [0.29, 0.717) is 5.92 Å². The molecule has 2 aromatic carbocycles. The first-order valence-electron chi connectivity index (χ1n) is 7.94. The Kier molecular flexibility index (Phi) is 3.86. The lowest BCUT2D eigenvalue weighted by molar-refractivity contribution is 0.0267. The Morgan fingerprint density at radius 1 is 1.00 bits per heavy atom. The minimum Gasteiger partial charge on any atom is -0.389 e. The summed E-state index contributed by atoms with van der Waals surface area (Å²) in [4.78, 5) is 0. The predicted octanol–water partition coefficient (Wildman–Crippen LogP) is 4.27. The van der Waals surface area contributed by atoms with Gasteiger partial charge in [0.15, 0.2) is 0 Å². The maximum Gasteiger partial charge on any atom is 0.0731 e. The monoisotopic (exact) mass is 280 g/mol. The van der Waals surface area contributed by atoms with Crippen LogP contribution in [0.5, 0.6) is 0 Å². The van der Waals surface area contributed by atoms with Gasteiger partial charge in [0.1, 0.15) is 0 Å². The lowest BCUT2D eigenvalue weighted by Crippen LogP contribution is -2.38. The fraction of sp³-hybridized carbons (Fsp3) is 0.400. The number of hydrogen-bond donors (Lipinski definition) is 1. The van der Waals surface area contributed by atoms with Crippen LogP contribution in [0.2, 0.25) is 0 Å². The molecule has 0 amide bonds. The summed E-state index contributed by atoms with van der Waals surface area (Å²) in [5.41, 5.74) is 4.72. The van der Waals surface area contributed by atoms with E-state index in [-0.39, 0.29) is 0 Å². The molecule has 1 atom stereocenters. The summed E-state index contributed by atoms with van der Waals surface area (Å²) in [6, 6.07) is 17.2. The van der Waals surface area contributed by atoms with E-state index in [2.05, 4.69) is 62.4 Å². The zero-order valence-electron chi connectivity index (χ0n) is 13.0. The van der Waals surface area contributed by atoms with Crippen molar-refractivity contribution in [1.29, 1.82) is 0 Å². The summed E-state index contributed by atoms with van der Waals surface area (Å²) in [5.74, 6) is 0.559. The van der Waals surface area contributed by atoms with E-state index in [9.17, 15) is 5.11 Å². The van der Waals surface area contributed by atoms with Gasteiger partial charge in [-0.15, -0.1) is 0 Å². The molecular formula is C20H24O. The van der Waals surface area contributed by atoms with Crippen molar-refractivity contribution in [2.75, 3.05) is 0 Å². The largest absolute Gasteiger partial charge is 0.389 e. The molecule has 0 radical (unpaired) electrons. The Morgan fingerprint density at radius 3 is 2.33 bits per heavy atom. The highest BCUT2D eigenvalue weighted by Crippen LogP contribution is 2.31. The Bertz CT molecular complexity index is 612. The van der Waals surface area contributed by atoms with Crippen LogP contribution in [0.3, 0.4) is 0 Å². The molecule has 0 aliphatic heterocycles. The molecule has 0 saturated heterocycles. The second-order valence-corrected chi connectivity index (χ2v) is 6.74. The summed E-state index contributed by atoms with van der Waals surface area (Å²) >= 11 is 0. The van der Waals surface area contributed by atoms with E-state index in [1.165, 1.54) is 22.3 Å². The highest BCUT2D eigenvalue weighted by molar-refractivity contribution is 5.33. The van der Waals surface area contributed by atoms with Gasteiger partial charge in [0.25, 0.3) is 0 Å². The van der Waals surface area contributed by atoms with E-state index in [4.69, 9.17) is 0 Å². The third-order valence-corrected chi connectivity index (χ3v) is 4.68. The average molecular weight is 280 g/mol. The summed E-state index contributed by atoms with van der Waals surface area (Å²) in [5, 5.41) is 10.9. The third kappa shape index (κ3) is 3.19. The van der Waals surface area contributed by atoms with Crippen LogP contribution in [0.4, 0.5) is 0 Å². The van der Waals surface area contributed by atoms with Gasteiger partial charge >= 0.3 is 0 Å². The quantitative estimate of drug-likeness (QED) is 0.890. The van der Waals surface area contributed by atoms with Crippen LogP contribution in [-0.2, 0) is 19.3 Å². The Hall–Kier alpha value is -1.60. The summed E-state index contributed by atoms with van der Waals surface area (Å²) in [6.07, 6.45) is 3.36. The molecule has 2 aromatic rings. The minimum absolute atomic E-state index is 0.559. The average Bonchev–Trinajstić information content (AvgIpc) is 2.47. The van der Waals surface area contributed by atoms with Crippen LogP contribution < -0.4 is 0 Å². The summed E-state index contributed by atoms with van der Waals surface area (Å²) < 4.78 is 0. The molecule has 1 unspecified atom stereocenters. The lowest BCUT2D eigenvalue weighted by atomic mass is 9.77. The molecule has 1 aliphatic rings. The van der Waals surface area contributed by atoms with Crippen LogP contribution >= 0.6 is 0 Å². The maximum atomic E-state index is 10.9. The fourth-order valence-electron chi connectivity index (χ4n) is 3.34. The Balaban J connectivity index is 1.75. The molecule has 0 aromatic heterocycles. The predicted molar refractivity (Wildman–Crippen MR) is 87.7 cm³/mol. The Morgan fingerprint density at radius 2 is 1.67 bits per heavy atom. The van der Waals surface area contributed by atoms with Gasteiger partial charge in [0.2, 0.25) is 0 Å². The van der Waals surface area contributed by atoms with Crippen LogP contribution in [0.25, 0.3) is 0 Å². The Labute approximate surface area is 127 Å². The van der Waals surface area contributed by atoms with Crippen molar-refractivity contribution in [3.05, 3.63) is 70.8 Å². The van der Waals surface area contributed by atoms with Crippen molar-refractivity contribution in [1.82, 2.24) is 0 Å². The van der Waals surface area contributed by atoms with E-state index in [1.54, 1.807) is 0 Å². The smallest absolute Gasteiger partial charge is 0.0731 e. The second-order valence-electron chi connectivity index (χ2n) is 6.74. The molecule has 1 nitrogen and oxygen atoms in total. The number of aliphatic hydroxyl groups is 1. The van der Waals surface area contributed by atoms with Gasteiger partial charge in [-0.1, -0.05) is 62.4 Å². The van der Waals surface area contributed by atoms with Crippen molar-refractivity contribution in [3.8, 4) is 0 Å². The maximum absolute atomic E-state index is 10.9. The fourth-order valence-corrected chi connectivity index (χ4v) is 3.34. The molecule has 0 heterocycles. The third-order valence-electron chi connectivity index (χ3n) is 4.68. The van der Waals surface area contributed by atoms with E-state index in [1.807, 2.05) is 0 Å². The molecule has 110 valence electrons. The SMILES string of the molecule is CC(C)c1ccc(CC2(O)CCc3ccccc3C2)cc1. The molecule has 1 heteroatoms. The highest BCUT2D eigenvalue weighted by atomic mass is 16.3. The molecule has 3 rings (SSSR count). The van der Waals surface area contributed by atoms with Crippen molar-refractivity contribution < 1.29 is 5.11 Å². The molecule has 0 fully saturated rings. The van der Waals surface area contributed by atoms with Gasteiger partial charge in [-0.2, -0.15) is 0 Å². The molecule has 21 heavy (non-hydrogen) atoms. The molecule has 1 N–H and O–H groups in total. The number of hydrogen-bond acceptors (Lipinski definition) is 1. The first-order chi connectivity index (χ1) is 10.1. The first kappa shape index (κ1) is 14.3. The summed E-state index contributed by atoms with van der Waals surface area (Å²) in [6.45, 7) is 4.42. The lowest BCUT2D eigenvalue weighted by Gasteiger charge is -2.33. The molecule has 0 bridgehead atoms. The van der Waals surface area contributed by atoms with Gasteiger partial charge in [0, 0.05) is 12.8 Å². The van der Waals surface area contributed by atoms with Crippen LogP contribution in [0.1, 0.15) is 48.4 Å². The zero-order valence-corrected chi connectivity index (χ0v) is 13.0. The van der Waals surface area contributed by atoms with Crippen molar-refractivity contribution in [3.63, 3.8) is 0 Å². The highest BCUT2D eigenvalue weighted by Gasteiger charge is 2.31. The van der Waals surface area contributed by atoms with Crippen molar-refractivity contribution in [2.24, 2.45) is 0 Å². The number of rotatable bonds is 3. The van der Waals surface area contributed by atoms with Gasteiger partial charge in [-0.3, -0.25) is 0 Å². The van der Waals surface area contributed by atoms with Gasteiger partial charge in [0.05, 0.1) is 5.60 Å². The number of fused-ring (bicyclic) bond motifs is 1. The molecular weight excluding hydrogens is 256 g/mol. The topological polar surface area (TPSA) is 20.2 Å². The molecule has 1 aliphatic carbocycles. The molecule has 0 spiro atoms. The van der Waals surface area contributed by atoms with Crippen LogP contribution in [-0.4, -0.2) is 10.7 Å². The van der Waals surface area contributed by atoms with Gasteiger partial charge in [-0.25, -0.2) is 0 Å². The van der Waals surface area contributed by atoms with Crippen molar-refractivity contribution >= 4 is 0 Å². The minimum atomic E-state index is -0.590. The summed E-state index contributed by atoms with van der Waals surface area (Å²) in [7, 11) is 0. The van der Waals surface area contributed by atoms with Crippen LogP contribution in [0.15, 0.2) is 48.5 Å². The number of aryl methyl sites for hydroxylation is 1.